The van der Waals surface area contributed by atoms with Crippen molar-refractivity contribution in [3.63, 3.8) is 0 Å². The highest BCUT2D eigenvalue weighted by molar-refractivity contribution is 5.95. The highest BCUT2D eigenvalue weighted by Gasteiger charge is 2.25. The number of piperidine rings is 1. The quantitative estimate of drug-likeness (QED) is 0.623. The summed E-state index contributed by atoms with van der Waals surface area (Å²) in [6.07, 6.45) is 5.51. The predicted molar refractivity (Wildman–Crippen MR) is 102 cm³/mol. The first-order valence-corrected chi connectivity index (χ1v) is 9.65. The molecule has 26 heavy (non-hydrogen) atoms. The maximum absolute atomic E-state index is 12.5. The van der Waals surface area contributed by atoms with Crippen LogP contribution in [0.2, 0.25) is 0 Å². The second kappa shape index (κ2) is 8.49. The lowest BCUT2D eigenvalue weighted by Gasteiger charge is -2.28. The molecule has 2 saturated heterocycles. The molecular formula is C19H28N4O3. The van der Waals surface area contributed by atoms with E-state index in [9.17, 15) is 14.9 Å². The molecule has 7 heteroatoms. The Hall–Kier alpha value is -2.15. The number of nitro benzene ring substituents is 1. The van der Waals surface area contributed by atoms with Crippen LogP contribution in [-0.4, -0.2) is 54.5 Å². The normalized spacial score (nSPS) is 21.0. The minimum Gasteiger partial charge on any atom is -0.366 e. The van der Waals surface area contributed by atoms with Gasteiger partial charge in [0.1, 0.15) is 5.69 Å². The largest absolute Gasteiger partial charge is 0.366 e. The molecule has 2 heterocycles. The van der Waals surface area contributed by atoms with Gasteiger partial charge in [0.2, 0.25) is 0 Å². The van der Waals surface area contributed by atoms with Gasteiger partial charge in [0.25, 0.3) is 11.6 Å². The van der Waals surface area contributed by atoms with Gasteiger partial charge < -0.3 is 10.2 Å². The molecule has 0 spiro atoms. The second-order valence-corrected chi connectivity index (χ2v) is 7.14. The first kappa shape index (κ1) is 18.6. The molecule has 0 radical (unpaired) electrons. The molecule has 1 aromatic carbocycles. The third-order valence-electron chi connectivity index (χ3n) is 5.53. The molecule has 0 unspecified atom stereocenters. The molecular weight excluding hydrogens is 332 g/mol. The number of carbonyl (C=O) groups is 1. The van der Waals surface area contributed by atoms with Crippen LogP contribution < -0.4 is 10.2 Å². The number of amides is 1. The average Bonchev–Trinajstić information content (AvgIpc) is 3.14. The zero-order valence-corrected chi connectivity index (χ0v) is 15.4. The van der Waals surface area contributed by atoms with E-state index in [-0.39, 0.29) is 16.5 Å². The molecule has 0 bridgehead atoms. The molecule has 0 saturated carbocycles. The van der Waals surface area contributed by atoms with Gasteiger partial charge in [-0.3, -0.25) is 19.8 Å². The van der Waals surface area contributed by atoms with Crippen LogP contribution in [0.3, 0.4) is 0 Å². The monoisotopic (exact) mass is 360 g/mol. The fourth-order valence-electron chi connectivity index (χ4n) is 4.07. The maximum atomic E-state index is 12.5. The van der Waals surface area contributed by atoms with Crippen molar-refractivity contribution in [1.82, 2.24) is 10.2 Å². The summed E-state index contributed by atoms with van der Waals surface area (Å²) in [5.74, 6) is -0.235. The number of rotatable bonds is 6. The van der Waals surface area contributed by atoms with Crippen molar-refractivity contribution in [2.75, 3.05) is 37.6 Å². The lowest BCUT2D eigenvalue weighted by atomic mass is 10.1. The first-order valence-electron chi connectivity index (χ1n) is 9.65. The number of nitro groups is 1. The molecule has 0 aromatic heterocycles. The van der Waals surface area contributed by atoms with E-state index in [1.807, 2.05) is 0 Å². The van der Waals surface area contributed by atoms with Gasteiger partial charge in [-0.1, -0.05) is 6.92 Å². The van der Waals surface area contributed by atoms with Crippen LogP contribution in [0.1, 0.15) is 49.4 Å². The van der Waals surface area contributed by atoms with Gasteiger partial charge >= 0.3 is 0 Å². The Bertz CT molecular complexity index is 658. The summed E-state index contributed by atoms with van der Waals surface area (Å²) in [4.78, 5) is 28.1. The predicted octanol–water partition coefficient (Wildman–Crippen LogP) is 2.80. The smallest absolute Gasteiger partial charge is 0.293 e. The summed E-state index contributed by atoms with van der Waals surface area (Å²) in [5.41, 5.74) is 1.01. The number of likely N-dealkylation sites (N-methyl/N-ethyl adjacent to an activating group) is 1. The summed E-state index contributed by atoms with van der Waals surface area (Å²) >= 11 is 0. The van der Waals surface area contributed by atoms with E-state index >= 15 is 0 Å². The number of nitrogens with one attached hydrogen (secondary N) is 1. The van der Waals surface area contributed by atoms with Gasteiger partial charge in [-0.05, 0) is 57.3 Å². The fourth-order valence-corrected chi connectivity index (χ4v) is 4.07. The summed E-state index contributed by atoms with van der Waals surface area (Å²) in [6, 6.07) is 5.22. The average molecular weight is 360 g/mol. The van der Waals surface area contributed by atoms with Crippen molar-refractivity contribution in [3.05, 3.63) is 33.9 Å². The highest BCUT2D eigenvalue weighted by atomic mass is 16.6. The van der Waals surface area contributed by atoms with Crippen LogP contribution in [-0.2, 0) is 0 Å². The lowest BCUT2D eigenvalue weighted by Crippen LogP contribution is -2.40. The number of benzene rings is 1. The van der Waals surface area contributed by atoms with Crippen LogP contribution in [0.5, 0.6) is 0 Å². The van der Waals surface area contributed by atoms with Crippen LogP contribution in [0.25, 0.3) is 0 Å². The SMILES string of the molecule is CCN1CCC[C@H]1CNC(=O)c1ccc(N2CCCCC2)c([N+](=O)[O-])c1. The molecule has 1 amide bonds. The van der Waals surface area contributed by atoms with Crippen LogP contribution in [0, 0.1) is 10.1 Å². The van der Waals surface area contributed by atoms with E-state index in [0.29, 0.717) is 23.8 Å². The zero-order chi connectivity index (χ0) is 18.5. The van der Waals surface area contributed by atoms with Crippen molar-refractivity contribution in [2.24, 2.45) is 0 Å². The second-order valence-electron chi connectivity index (χ2n) is 7.14. The third kappa shape index (κ3) is 4.15. The number of anilines is 1. The Kier molecular flexibility index (Phi) is 6.08. The highest BCUT2D eigenvalue weighted by Crippen LogP contribution is 2.31. The topological polar surface area (TPSA) is 78.7 Å². The van der Waals surface area contributed by atoms with E-state index in [2.05, 4.69) is 22.0 Å². The van der Waals surface area contributed by atoms with Crippen LogP contribution in [0.4, 0.5) is 11.4 Å². The van der Waals surface area contributed by atoms with E-state index in [0.717, 1.165) is 51.9 Å². The standard InChI is InChI=1S/C19H28N4O3/c1-2-21-12-6-7-16(21)14-20-19(24)15-8-9-17(18(13-15)23(25)26)22-10-4-3-5-11-22/h8-9,13,16H,2-7,10-12,14H2,1H3,(H,20,24)/t16-/m0/s1. The van der Waals surface area contributed by atoms with E-state index in [4.69, 9.17) is 0 Å². The minimum atomic E-state index is -0.378. The summed E-state index contributed by atoms with van der Waals surface area (Å²) in [6.45, 7) is 6.45. The minimum absolute atomic E-state index is 0.0237. The molecule has 2 aliphatic rings. The number of carbonyl (C=O) groups excluding carboxylic acids is 1. The fraction of sp³-hybridized carbons (Fsp3) is 0.632. The Morgan fingerprint density at radius 3 is 2.69 bits per heavy atom. The van der Waals surface area contributed by atoms with Crippen molar-refractivity contribution in [2.45, 2.75) is 45.1 Å². The zero-order valence-electron chi connectivity index (χ0n) is 15.4. The van der Waals surface area contributed by atoms with Crippen LogP contribution >= 0.6 is 0 Å². The Morgan fingerprint density at radius 2 is 2.00 bits per heavy atom. The summed E-state index contributed by atoms with van der Waals surface area (Å²) in [7, 11) is 0. The van der Waals surface area contributed by atoms with Crippen molar-refractivity contribution < 1.29 is 9.72 Å². The van der Waals surface area contributed by atoms with Crippen molar-refractivity contribution in [1.29, 1.82) is 0 Å². The third-order valence-corrected chi connectivity index (χ3v) is 5.53. The number of likely N-dealkylation sites (tertiary alicyclic amines) is 1. The molecule has 2 aliphatic heterocycles. The lowest BCUT2D eigenvalue weighted by molar-refractivity contribution is -0.384. The number of nitrogens with zero attached hydrogens (tertiary/aromatic N) is 3. The Balaban J connectivity index is 1.70. The van der Waals surface area contributed by atoms with Crippen LogP contribution in [0.15, 0.2) is 18.2 Å². The van der Waals surface area contributed by atoms with Gasteiger partial charge in [-0.2, -0.15) is 0 Å². The van der Waals surface area contributed by atoms with Gasteiger partial charge in [0.15, 0.2) is 0 Å². The van der Waals surface area contributed by atoms with Gasteiger partial charge in [-0.25, -0.2) is 0 Å². The molecule has 0 aliphatic carbocycles. The van der Waals surface area contributed by atoms with Gasteiger partial charge in [0, 0.05) is 37.3 Å². The van der Waals surface area contributed by atoms with Crippen molar-refractivity contribution >= 4 is 17.3 Å². The maximum Gasteiger partial charge on any atom is 0.293 e. The Morgan fingerprint density at radius 1 is 1.23 bits per heavy atom. The number of hydrogen-bond acceptors (Lipinski definition) is 5. The first-order chi connectivity index (χ1) is 12.6. The van der Waals surface area contributed by atoms with E-state index in [1.165, 1.54) is 12.5 Å². The molecule has 1 N–H and O–H groups in total. The van der Waals surface area contributed by atoms with E-state index < -0.39 is 0 Å². The van der Waals surface area contributed by atoms with Gasteiger partial charge in [-0.15, -0.1) is 0 Å². The molecule has 2 fully saturated rings. The molecule has 142 valence electrons. The Labute approximate surface area is 154 Å². The van der Waals surface area contributed by atoms with E-state index in [1.54, 1.807) is 12.1 Å². The molecule has 1 atom stereocenters. The molecule has 1 aromatic rings. The number of hydrogen-bond donors (Lipinski definition) is 1. The summed E-state index contributed by atoms with van der Waals surface area (Å²) < 4.78 is 0. The molecule has 7 nitrogen and oxygen atoms in total. The summed E-state index contributed by atoms with van der Waals surface area (Å²) in [5, 5.41) is 14.5. The van der Waals surface area contributed by atoms with Crippen molar-refractivity contribution in [3.8, 4) is 0 Å². The molecule has 3 rings (SSSR count). The van der Waals surface area contributed by atoms with Gasteiger partial charge in [0.05, 0.1) is 4.92 Å².